The first-order valence-electron chi connectivity index (χ1n) is 10.3. The quantitative estimate of drug-likeness (QED) is 0.507. The Balaban J connectivity index is 2.94. The van der Waals surface area contributed by atoms with E-state index in [0.717, 1.165) is 51.4 Å². The van der Waals surface area contributed by atoms with Gasteiger partial charge in [0.05, 0.1) is 0 Å². The Hall–Kier alpha value is -1.83. The maximum Gasteiger partial charge on any atom is 0.331 e. The summed E-state index contributed by atoms with van der Waals surface area (Å²) in [6.45, 7) is 12.9. The summed E-state index contributed by atoms with van der Waals surface area (Å²) in [5, 5.41) is 9.55. The van der Waals surface area contributed by atoms with Gasteiger partial charge in [-0.25, -0.2) is 4.79 Å². The van der Waals surface area contributed by atoms with Crippen molar-refractivity contribution >= 4 is 5.97 Å². The van der Waals surface area contributed by atoms with E-state index in [0.29, 0.717) is 17.9 Å². The second-order valence-corrected chi connectivity index (χ2v) is 8.16. The first-order valence-corrected chi connectivity index (χ1v) is 10.3. The van der Waals surface area contributed by atoms with Crippen molar-refractivity contribution in [2.45, 2.75) is 85.5 Å². The van der Waals surface area contributed by atoms with Gasteiger partial charge in [0.2, 0.25) is 0 Å². The van der Waals surface area contributed by atoms with Crippen LogP contribution in [0.25, 0.3) is 0 Å². The topological polar surface area (TPSA) is 37.3 Å². The third-order valence-corrected chi connectivity index (χ3v) is 5.34. The second-order valence-electron chi connectivity index (χ2n) is 8.16. The lowest BCUT2D eigenvalue weighted by molar-refractivity contribution is -0.132. The minimum absolute atomic E-state index is 0.355. The Morgan fingerprint density at radius 3 is 2.37 bits per heavy atom. The Morgan fingerprint density at radius 2 is 1.74 bits per heavy atom. The molecule has 2 heteroatoms. The van der Waals surface area contributed by atoms with Crippen molar-refractivity contribution in [2.24, 2.45) is 5.92 Å². The van der Waals surface area contributed by atoms with E-state index in [1.54, 1.807) is 0 Å². The molecule has 0 fully saturated rings. The zero-order chi connectivity index (χ0) is 20.2. The molecule has 0 saturated carbocycles. The summed E-state index contributed by atoms with van der Waals surface area (Å²) < 4.78 is 0. The number of rotatable bonds is 5. The molecule has 0 bridgehead atoms. The predicted octanol–water partition coefficient (Wildman–Crippen LogP) is 7.55. The fourth-order valence-corrected chi connectivity index (χ4v) is 3.45. The Labute approximate surface area is 166 Å². The van der Waals surface area contributed by atoms with Crippen LogP contribution in [0.2, 0.25) is 0 Å². The summed E-state index contributed by atoms with van der Waals surface area (Å²) >= 11 is 0. The third kappa shape index (κ3) is 10.2. The minimum Gasteiger partial charge on any atom is -0.478 e. The largest absolute Gasteiger partial charge is 0.478 e. The number of allylic oxidation sites excluding steroid dienone is 8. The van der Waals surface area contributed by atoms with E-state index in [9.17, 15) is 9.90 Å². The monoisotopic (exact) mass is 370 g/mol. The summed E-state index contributed by atoms with van der Waals surface area (Å²) in [4.78, 5) is 11.6. The van der Waals surface area contributed by atoms with Crippen molar-refractivity contribution in [2.75, 3.05) is 0 Å². The van der Waals surface area contributed by atoms with Crippen LogP contribution in [0.1, 0.15) is 85.5 Å². The fraction of sp³-hybridized carbons (Fsp3) is 0.560. The molecule has 0 saturated heterocycles. The third-order valence-electron chi connectivity index (χ3n) is 5.34. The van der Waals surface area contributed by atoms with Gasteiger partial charge < -0.3 is 5.11 Å². The van der Waals surface area contributed by atoms with Crippen molar-refractivity contribution in [1.29, 1.82) is 0 Å². The molecule has 0 spiro atoms. The lowest BCUT2D eigenvalue weighted by Crippen LogP contribution is -2.06. The van der Waals surface area contributed by atoms with E-state index in [-0.39, 0.29) is 0 Å². The number of carboxylic acid groups (broad SMARTS) is 1. The van der Waals surface area contributed by atoms with Crippen LogP contribution in [0.3, 0.4) is 0 Å². The van der Waals surface area contributed by atoms with Crippen molar-refractivity contribution in [3.63, 3.8) is 0 Å². The summed E-state index contributed by atoms with van der Waals surface area (Å²) in [5.41, 5.74) is 5.93. The van der Waals surface area contributed by atoms with Gasteiger partial charge in [-0.1, -0.05) is 53.2 Å². The first-order chi connectivity index (χ1) is 12.8. The molecule has 1 atom stereocenters. The van der Waals surface area contributed by atoms with Gasteiger partial charge in [-0.15, -0.1) is 0 Å². The molecule has 150 valence electrons. The number of aliphatic carboxylic acids is 1. The highest BCUT2D eigenvalue weighted by molar-refractivity contribution is 5.86. The molecular weight excluding hydrogens is 332 g/mol. The smallest absolute Gasteiger partial charge is 0.331 e. The summed E-state index contributed by atoms with van der Waals surface area (Å²) in [6, 6.07) is 0. The average Bonchev–Trinajstić information content (AvgIpc) is 2.58. The van der Waals surface area contributed by atoms with Crippen LogP contribution in [0.4, 0.5) is 0 Å². The molecule has 0 radical (unpaired) electrons. The molecule has 2 nitrogen and oxygen atoms in total. The maximum atomic E-state index is 11.6. The number of carboxylic acids is 1. The highest BCUT2D eigenvalue weighted by Crippen LogP contribution is 2.28. The standard InChI is InChI=1S/C25H38O2/c1-19(2)9-6-13-22(5)23-16-15-21(4)11-7-10-20(3)12-8-14-24(18-17-23)25(26)27/h9,11-12,18,23H,5-8,10,13-17H2,1-4H3,(H,26,27). The molecule has 0 aromatic carbocycles. The fourth-order valence-electron chi connectivity index (χ4n) is 3.45. The molecule has 0 aromatic heterocycles. The predicted molar refractivity (Wildman–Crippen MR) is 117 cm³/mol. The maximum absolute atomic E-state index is 11.6. The molecule has 0 heterocycles. The van der Waals surface area contributed by atoms with E-state index in [1.807, 2.05) is 6.08 Å². The molecule has 0 amide bonds. The number of carbonyl (C=O) groups is 1. The van der Waals surface area contributed by atoms with E-state index in [2.05, 4.69) is 52.5 Å². The number of hydrogen-bond acceptors (Lipinski definition) is 1. The van der Waals surface area contributed by atoms with Gasteiger partial charge >= 0.3 is 5.97 Å². The Morgan fingerprint density at radius 1 is 1.11 bits per heavy atom. The van der Waals surface area contributed by atoms with Crippen LogP contribution in [-0.4, -0.2) is 11.1 Å². The summed E-state index contributed by atoms with van der Waals surface area (Å²) in [7, 11) is 0. The average molecular weight is 371 g/mol. The molecule has 0 aromatic rings. The van der Waals surface area contributed by atoms with Crippen LogP contribution in [-0.2, 0) is 4.79 Å². The van der Waals surface area contributed by atoms with Gasteiger partial charge in [0.25, 0.3) is 0 Å². The number of hydrogen-bond donors (Lipinski definition) is 1. The molecule has 27 heavy (non-hydrogen) atoms. The van der Waals surface area contributed by atoms with Crippen molar-refractivity contribution in [1.82, 2.24) is 0 Å². The molecule has 1 rings (SSSR count). The SMILES string of the molecule is C=C(CCC=C(C)C)C1CC=C(C(=O)O)CCC=C(C)CCC=C(C)CC1. The first kappa shape index (κ1) is 23.2. The highest BCUT2D eigenvalue weighted by atomic mass is 16.4. The molecule has 1 aliphatic rings. The van der Waals surface area contributed by atoms with Gasteiger partial charge in [0, 0.05) is 5.57 Å². The lowest BCUT2D eigenvalue weighted by atomic mass is 9.86. The molecular formula is C25H38O2. The van der Waals surface area contributed by atoms with E-state index < -0.39 is 5.97 Å². The summed E-state index contributed by atoms with van der Waals surface area (Å²) in [6.07, 6.45) is 17.2. The zero-order valence-corrected chi connectivity index (χ0v) is 17.8. The molecule has 0 aliphatic heterocycles. The van der Waals surface area contributed by atoms with Crippen molar-refractivity contribution in [3.05, 3.63) is 58.7 Å². The van der Waals surface area contributed by atoms with Crippen molar-refractivity contribution in [3.8, 4) is 0 Å². The molecule has 1 unspecified atom stereocenters. The van der Waals surface area contributed by atoms with Crippen LogP contribution >= 0.6 is 0 Å². The molecule has 1 aliphatic carbocycles. The van der Waals surface area contributed by atoms with Gasteiger partial charge in [-0.3, -0.25) is 0 Å². The Bertz CT molecular complexity index is 625. The van der Waals surface area contributed by atoms with E-state index in [1.165, 1.54) is 22.3 Å². The summed E-state index contributed by atoms with van der Waals surface area (Å²) in [5.74, 6) is -0.424. The van der Waals surface area contributed by atoms with Crippen LogP contribution in [0.5, 0.6) is 0 Å². The molecule has 1 N–H and O–H groups in total. The van der Waals surface area contributed by atoms with E-state index >= 15 is 0 Å². The van der Waals surface area contributed by atoms with E-state index in [4.69, 9.17) is 0 Å². The Kier molecular flexibility index (Phi) is 10.8. The van der Waals surface area contributed by atoms with Gasteiger partial charge in [0.15, 0.2) is 0 Å². The van der Waals surface area contributed by atoms with Crippen LogP contribution < -0.4 is 0 Å². The highest BCUT2D eigenvalue weighted by Gasteiger charge is 2.14. The lowest BCUT2D eigenvalue weighted by Gasteiger charge is -2.19. The van der Waals surface area contributed by atoms with Gasteiger partial charge in [-0.05, 0) is 91.4 Å². The van der Waals surface area contributed by atoms with Crippen LogP contribution in [0, 0.1) is 5.92 Å². The zero-order valence-electron chi connectivity index (χ0n) is 17.8. The van der Waals surface area contributed by atoms with Crippen molar-refractivity contribution < 1.29 is 9.90 Å². The van der Waals surface area contributed by atoms with Crippen LogP contribution in [0.15, 0.2) is 58.7 Å². The second kappa shape index (κ2) is 12.5. The minimum atomic E-state index is -0.780. The van der Waals surface area contributed by atoms with Gasteiger partial charge in [0.1, 0.15) is 0 Å². The van der Waals surface area contributed by atoms with Gasteiger partial charge in [-0.2, -0.15) is 0 Å². The normalized spacial score (nSPS) is 19.9.